The van der Waals surface area contributed by atoms with E-state index >= 15 is 0 Å². The van der Waals surface area contributed by atoms with E-state index in [9.17, 15) is 29.1 Å². The van der Waals surface area contributed by atoms with Crippen LogP contribution in [0, 0.1) is 0 Å². The van der Waals surface area contributed by atoms with Gasteiger partial charge in [-0.05, 0) is 63.1 Å². The smallest absolute Gasteiger partial charge is 0.326 e. The quantitative estimate of drug-likeness (QED) is 0.0444. The van der Waals surface area contributed by atoms with E-state index in [2.05, 4.69) is 25.9 Å². The fourth-order valence-electron chi connectivity index (χ4n) is 4.53. The molecule has 2 aromatic rings. The number of primary amides is 1. The lowest BCUT2D eigenvalue weighted by Gasteiger charge is -2.25. The summed E-state index contributed by atoms with van der Waals surface area (Å²) in [7, 11) is 0. The van der Waals surface area contributed by atoms with Gasteiger partial charge in [-0.15, -0.1) is 0 Å². The van der Waals surface area contributed by atoms with Crippen LogP contribution in [0.15, 0.2) is 35.5 Å². The first kappa shape index (κ1) is 35.5. The Hall–Kier alpha value is -4.70. The predicted molar refractivity (Wildman–Crippen MR) is 165 cm³/mol. The van der Waals surface area contributed by atoms with Gasteiger partial charge in [0.25, 0.3) is 0 Å². The van der Waals surface area contributed by atoms with Crippen molar-refractivity contribution in [2.45, 2.75) is 75.5 Å². The maximum atomic E-state index is 13.4. The number of H-pyrrole nitrogens is 1. The van der Waals surface area contributed by atoms with Crippen molar-refractivity contribution < 1.29 is 29.1 Å². The highest BCUT2D eigenvalue weighted by Gasteiger charge is 2.30. The number of amides is 4. The second-order valence-electron chi connectivity index (χ2n) is 10.4. The number of carbonyl (C=O) groups is 5. The average Bonchev–Trinajstić information content (AvgIpc) is 3.38. The number of fused-ring (bicyclic) bond motifs is 1. The Bertz CT molecular complexity index is 1310. The summed E-state index contributed by atoms with van der Waals surface area (Å²) in [4.78, 5) is 69.6. The van der Waals surface area contributed by atoms with Crippen molar-refractivity contribution in [2.75, 3.05) is 13.1 Å². The van der Waals surface area contributed by atoms with E-state index in [-0.39, 0.29) is 51.0 Å². The average molecular weight is 617 g/mol. The van der Waals surface area contributed by atoms with Gasteiger partial charge in [0.15, 0.2) is 5.96 Å². The van der Waals surface area contributed by atoms with Crippen LogP contribution in [-0.4, -0.2) is 82.9 Å². The molecule has 4 atom stereocenters. The van der Waals surface area contributed by atoms with Crippen molar-refractivity contribution in [3.05, 3.63) is 36.0 Å². The van der Waals surface area contributed by atoms with Gasteiger partial charge < -0.3 is 54.7 Å². The standard InChI is InChI=1S/C28H44N10O6/c29-12-4-3-8-20(36-24(40)18(30)14-16-15-35-19-7-2-1-6-17(16)19)25(41)37-21(9-5-13-34-28(32)33)26(42)38-22(27(43)44)10-11-23(31)39/h1-2,6-7,15,18,20-22,35H,3-5,8-14,29-30H2,(H2,31,39)(H,36,40)(H,37,41)(H,38,42)(H,43,44)(H4,32,33,34). The normalized spacial score (nSPS) is 13.7. The molecule has 0 saturated heterocycles. The lowest BCUT2D eigenvalue weighted by molar-refractivity contribution is -0.142. The fraction of sp³-hybridized carbons (Fsp3) is 0.500. The molecular formula is C28H44N10O6. The Morgan fingerprint density at radius 1 is 0.841 bits per heavy atom. The highest BCUT2D eigenvalue weighted by atomic mass is 16.4. The summed E-state index contributed by atoms with van der Waals surface area (Å²) in [6, 6.07) is 2.93. The molecule has 4 unspecified atom stereocenters. The molecule has 0 spiro atoms. The summed E-state index contributed by atoms with van der Waals surface area (Å²) in [5.74, 6) is -4.29. The molecule has 0 aliphatic heterocycles. The molecular weight excluding hydrogens is 572 g/mol. The minimum absolute atomic E-state index is 0.0417. The number of rotatable bonds is 20. The molecule has 0 fully saturated rings. The van der Waals surface area contributed by atoms with Gasteiger partial charge >= 0.3 is 5.97 Å². The van der Waals surface area contributed by atoms with E-state index in [0.29, 0.717) is 19.4 Å². The van der Waals surface area contributed by atoms with Crippen molar-refractivity contribution >= 4 is 46.5 Å². The zero-order valence-corrected chi connectivity index (χ0v) is 24.6. The second-order valence-corrected chi connectivity index (χ2v) is 10.4. The van der Waals surface area contributed by atoms with Crippen molar-refractivity contribution in [2.24, 2.45) is 33.7 Å². The van der Waals surface area contributed by atoms with Crippen LogP contribution in [0.5, 0.6) is 0 Å². The SMILES string of the molecule is NCCCCC(NC(=O)C(N)Cc1c[nH]c2ccccc12)C(=O)NC(CCCN=C(N)N)C(=O)NC(CCC(N)=O)C(=O)O. The van der Waals surface area contributed by atoms with E-state index in [1.807, 2.05) is 24.3 Å². The Kier molecular flexibility index (Phi) is 14.6. The Morgan fingerprint density at radius 2 is 1.45 bits per heavy atom. The van der Waals surface area contributed by atoms with Gasteiger partial charge in [-0.3, -0.25) is 24.2 Å². The number of aliphatic imine (C=N–C) groups is 1. The van der Waals surface area contributed by atoms with Crippen LogP contribution in [0.25, 0.3) is 10.9 Å². The van der Waals surface area contributed by atoms with Crippen LogP contribution in [0.1, 0.15) is 50.5 Å². The molecule has 242 valence electrons. The summed E-state index contributed by atoms with van der Waals surface area (Å²) in [6.45, 7) is 0.519. The molecule has 0 aliphatic carbocycles. The number of nitrogens with zero attached hydrogens (tertiary/aromatic N) is 1. The Balaban J connectivity index is 2.17. The maximum absolute atomic E-state index is 13.4. The molecule has 16 nitrogen and oxygen atoms in total. The highest BCUT2D eigenvalue weighted by Crippen LogP contribution is 2.19. The zero-order chi connectivity index (χ0) is 32.6. The fourth-order valence-corrected chi connectivity index (χ4v) is 4.53. The highest BCUT2D eigenvalue weighted by molar-refractivity contribution is 5.94. The van der Waals surface area contributed by atoms with Gasteiger partial charge in [0, 0.05) is 30.1 Å². The minimum atomic E-state index is -1.42. The predicted octanol–water partition coefficient (Wildman–Crippen LogP) is -1.98. The van der Waals surface area contributed by atoms with Crippen molar-refractivity contribution in [3.63, 3.8) is 0 Å². The first-order valence-corrected chi connectivity index (χ1v) is 14.4. The number of aromatic nitrogens is 1. The lowest BCUT2D eigenvalue weighted by Crippen LogP contribution is -2.57. The molecule has 1 heterocycles. The summed E-state index contributed by atoms with van der Waals surface area (Å²) in [5, 5.41) is 18.1. The number of hydrogen-bond acceptors (Lipinski definition) is 8. The van der Waals surface area contributed by atoms with Crippen LogP contribution in [0.2, 0.25) is 0 Å². The van der Waals surface area contributed by atoms with E-state index in [1.54, 1.807) is 6.20 Å². The Morgan fingerprint density at radius 3 is 2.07 bits per heavy atom. The van der Waals surface area contributed by atoms with Crippen LogP contribution in [0.3, 0.4) is 0 Å². The molecule has 1 aromatic carbocycles. The molecule has 4 amide bonds. The monoisotopic (exact) mass is 616 g/mol. The number of nitrogens with one attached hydrogen (secondary N) is 4. The molecule has 16 heteroatoms. The molecule has 0 radical (unpaired) electrons. The number of aliphatic carboxylic acids is 1. The second kappa shape index (κ2) is 18.1. The van der Waals surface area contributed by atoms with Crippen molar-refractivity contribution in [1.29, 1.82) is 0 Å². The number of carboxylic acids is 1. The molecule has 15 N–H and O–H groups in total. The van der Waals surface area contributed by atoms with Crippen molar-refractivity contribution in [1.82, 2.24) is 20.9 Å². The van der Waals surface area contributed by atoms with Gasteiger partial charge in [-0.1, -0.05) is 18.2 Å². The molecule has 0 aliphatic rings. The maximum Gasteiger partial charge on any atom is 0.326 e. The first-order valence-electron chi connectivity index (χ1n) is 14.4. The number of para-hydroxylation sites is 1. The van der Waals surface area contributed by atoms with Crippen molar-refractivity contribution in [3.8, 4) is 0 Å². The van der Waals surface area contributed by atoms with E-state index in [4.69, 9.17) is 28.7 Å². The van der Waals surface area contributed by atoms with Gasteiger partial charge in [-0.2, -0.15) is 0 Å². The molecule has 0 saturated carbocycles. The van der Waals surface area contributed by atoms with Crippen LogP contribution < -0.4 is 44.6 Å². The van der Waals surface area contributed by atoms with Gasteiger partial charge in [-0.25, -0.2) is 4.79 Å². The number of aromatic amines is 1. The largest absolute Gasteiger partial charge is 0.480 e. The van der Waals surface area contributed by atoms with Gasteiger partial charge in [0.1, 0.15) is 18.1 Å². The zero-order valence-electron chi connectivity index (χ0n) is 24.6. The lowest BCUT2D eigenvalue weighted by atomic mass is 10.0. The number of guanidine groups is 1. The molecule has 1 aromatic heterocycles. The third-order valence-corrected chi connectivity index (χ3v) is 6.90. The Labute approximate surface area is 254 Å². The summed E-state index contributed by atoms with van der Waals surface area (Å²) < 4.78 is 0. The topological polar surface area (TPSA) is 300 Å². The van der Waals surface area contributed by atoms with Gasteiger partial charge in [0.05, 0.1) is 6.04 Å². The number of hydrogen-bond donors (Lipinski definition) is 10. The molecule has 0 bridgehead atoms. The van der Waals surface area contributed by atoms with E-state index < -0.39 is 53.8 Å². The summed E-state index contributed by atoms with van der Waals surface area (Å²) in [6.07, 6.45) is 3.09. The van der Waals surface area contributed by atoms with Gasteiger partial charge in [0.2, 0.25) is 23.6 Å². The first-order chi connectivity index (χ1) is 20.9. The van der Waals surface area contributed by atoms with E-state index in [0.717, 1.165) is 16.5 Å². The number of carboxylic acid groups (broad SMARTS) is 1. The third-order valence-electron chi connectivity index (χ3n) is 6.90. The number of unbranched alkanes of at least 4 members (excludes halogenated alkanes) is 1. The van der Waals surface area contributed by atoms with Crippen LogP contribution >= 0.6 is 0 Å². The number of benzene rings is 1. The molecule has 2 rings (SSSR count). The van der Waals surface area contributed by atoms with E-state index in [1.165, 1.54) is 0 Å². The molecule has 44 heavy (non-hydrogen) atoms. The third kappa shape index (κ3) is 11.9. The van der Waals surface area contributed by atoms with Crippen LogP contribution in [0.4, 0.5) is 0 Å². The van der Waals surface area contributed by atoms with Crippen LogP contribution in [-0.2, 0) is 30.4 Å². The summed E-state index contributed by atoms with van der Waals surface area (Å²) >= 11 is 0. The number of carbonyl (C=O) groups excluding carboxylic acids is 4. The number of nitrogens with two attached hydrogens (primary N) is 5. The summed E-state index contributed by atoms with van der Waals surface area (Å²) in [5.41, 5.74) is 29.4. The minimum Gasteiger partial charge on any atom is -0.480 e.